The number of hydrogen-bond donors (Lipinski definition) is 1. The predicted molar refractivity (Wildman–Crippen MR) is 42.4 cm³/mol. The fraction of sp³-hybridized carbons (Fsp3) is 0.375. The Morgan fingerprint density at radius 1 is 1.50 bits per heavy atom. The van der Waals surface area contributed by atoms with Crippen LogP contribution in [0.5, 0.6) is 0 Å². The molecule has 1 N–H and O–H groups in total. The molecule has 10 heavy (non-hydrogen) atoms. The molecule has 0 aromatic heterocycles. The van der Waals surface area contributed by atoms with E-state index in [4.69, 9.17) is 0 Å². The quantitative estimate of drug-likeness (QED) is 0.602. The molecule has 0 rings (SSSR count). The minimum atomic E-state index is 0.0329. The van der Waals surface area contributed by atoms with Gasteiger partial charge in [-0.05, 0) is 13.8 Å². The van der Waals surface area contributed by atoms with Gasteiger partial charge in [0.1, 0.15) is 0 Å². The summed E-state index contributed by atoms with van der Waals surface area (Å²) in [4.78, 5) is 10.7. The Morgan fingerprint density at radius 3 is 2.10 bits per heavy atom. The van der Waals surface area contributed by atoms with Crippen LogP contribution in [-0.2, 0) is 4.79 Å². The summed E-state index contributed by atoms with van der Waals surface area (Å²) in [6.45, 7) is 8.76. The number of rotatable bonds is 3. The zero-order valence-electron chi connectivity index (χ0n) is 6.69. The van der Waals surface area contributed by atoms with Crippen LogP contribution in [0.2, 0.25) is 0 Å². The molecular formula is C8H13NO. The molecule has 2 heteroatoms. The number of hydrogen-bond acceptors (Lipinski definition) is 2. The van der Waals surface area contributed by atoms with Crippen LogP contribution in [0.25, 0.3) is 0 Å². The van der Waals surface area contributed by atoms with Crippen molar-refractivity contribution in [2.75, 3.05) is 0 Å². The van der Waals surface area contributed by atoms with Gasteiger partial charge in [0.2, 0.25) is 0 Å². The summed E-state index contributed by atoms with van der Waals surface area (Å²) in [6.07, 6.45) is 1.73. The van der Waals surface area contributed by atoms with Gasteiger partial charge in [-0.3, -0.25) is 4.79 Å². The van der Waals surface area contributed by atoms with Crippen molar-refractivity contribution in [1.82, 2.24) is 5.32 Å². The monoisotopic (exact) mass is 139 g/mol. The lowest BCUT2D eigenvalue weighted by Gasteiger charge is -2.04. The third kappa shape index (κ3) is 3.07. The van der Waals surface area contributed by atoms with E-state index in [2.05, 4.69) is 11.9 Å². The van der Waals surface area contributed by atoms with Crippen molar-refractivity contribution in [2.24, 2.45) is 0 Å². The standard InChI is InChI=1S/C8H13NO/c1-5-8(7(4)10)9-6(2)3/h5,9H,2H2,1,3-4H3/b8-5-. The molecule has 0 aliphatic rings. The molecule has 0 radical (unpaired) electrons. The van der Waals surface area contributed by atoms with Gasteiger partial charge >= 0.3 is 0 Å². The Balaban J connectivity index is 4.12. The average molecular weight is 139 g/mol. The van der Waals surface area contributed by atoms with Crippen LogP contribution in [0.4, 0.5) is 0 Å². The first-order valence-electron chi connectivity index (χ1n) is 3.17. The Bertz CT molecular complexity index is 180. The predicted octanol–water partition coefficient (Wildman–Crippen LogP) is 1.60. The minimum absolute atomic E-state index is 0.0329. The number of carbonyl (C=O) groups excluding carboxylic acids is 1. The number of ketones is 1. The molecule has 56 valence electrons. The zero-order chi connectivity index (χ0) is 8.15. The van der Waals surface area contributed by atoms with Gasteiger partial charge in [0.25, 0.3) is 0 Å². The van der Waals surface area contributed by atoms with Crippen LogP contribution in [-0.4, -0.2) is 5.78 Å². The normalized spacial score (nSPS) is 10.9. The molecular weight excluding hydrogens is 126 g/mol. The first kappa shape index (κ1) is 8.95. The van der Waals surface area contributed by atoms with Crippen LogP contribution < -0.4 is 5.32 Å². The smallest absolute Gasteiger partial charge is 0.175 e. The Morgan fingerprint density at radius 2 is 2.00 bits per heavy atom. The van der Waals surface area contributed by atoms with Gasteiger partial charge in [-0.1, -0.05) is 12.7 Å². The number of carbonyl (C=O) groups is 1. The maximum absolute atomic E-state index is 10.7. The fourth-order valence-corrected chi connectivity index (χ4v) is 0.593. The second kappa shape index (κ2) is 3.88. The second-order valence-corrected chi connectivity index (χ2v) is 2.16. The molecule has 0 heterocycles. The van der Waals surface area contributed by atoms with Gasteiger partial charge in [-0.2, -0.15) is 0 Å². The van der Waals surface area contributed by atoms with E-state index in [1.165, 1.54) is 6.92 Å². The topological polar surface area (TPSA) is 29.1 Å². The minimum Gasteiger partial charge on any atom is -0.357 e. The zero-order valence-corrected chi connectivity index (χ0v) is 6.69. The lowest BCUT2D eigenvalue weighted by Crippen LogP contribution is -2.15. The maximum Gasteiger partial charge on any atom is 0.175 e. The van der Waals surface area contributed by atoms with E-state index in [1.807, 2.05) is 13.8 Å². The van der Waals surface area contributed by atoms with E-state index in [0.29, 0.717) is 5.70 Å². The Labute approximate surface area is 61.6 Å². The molecule has 0 unspecified atom stereocenters. The molecule has 0 aliphatic heterocycles. The molecule has 0 aromatic carbocycles. The SMILES string of the molecule is C=C(C)N/C(=C\C)C(C)=O. The molecule has 0 bridgehead atoms. The van der Waals surface area contributed by atoms with Crippen molar-refractivity contribution < 1.29 is 4.79 Å². The third-order valence-electron chi connectivity index (χ3n) is 1.02. The van der Waals surface area contributed by atoms with Gasteiger partial charge in [-0.15, -0.1) is 0 Å². The van der Waals surface area contributed by atoms with Crippen LogP contribution in [0, 0.1) is 0 Å². The first-order valence-corrected chi connectivity index (χ1v) is 3.17. The molecule has 0 atom stereocenters. The van der Waals surface area contributed by atoms with Gasteiger partial charge in [-0.25, -0.2) is 0 Å². The summed E-state index contributed by atoms with van der Waals surface area (Å²) in [7, 11) is 0. The van der Waals surface area contributed by atoms with Crippen LogP contribution in [0.3, 0.4) is 0 Å². The lowest BCUT2D eigenvalue weighted by molar-refractivity contribution is -0.113. The second-order valence-electron chi connectivity index (χ2n) is 2.16. The number of allylic oxidation sites excluding steroid dienone is 3. The third-order valence-corrected chi connectivity index (χ3v) is 1.02. The molecule has 0 fully saturated rings. The highest BCUT2D eigenvalue weighted by molar-refractivity contribution is 5.92. The highest BCUT2D eigenvalue weighted by Crippen LogP contribution is 1.93. The van der Waals surface area contributed by atoms with E-state index >= 15 is 0 Å². The van der Waals surface area contributed by atoms with Gasteiger partial charge < -0.3 is 5.32 Å². The van der Waals surface area contributed by atoms with Gasteiger partial charge in [0.05, 0.1) is 5.70 Å². The van der Waals surface area contributed by atoms with E-state index < -0.39 is 0 Å². The van der Waals surface area contributed by atoms with E-state index in [-0.39, 0.29) is 5.78 Å². The largest absolute Gasteiger partial charge is 0.357 e. The molecule has 0 aromatic rings. The van der Waals surface area contributed by atoms with Crippen LogP contribution in [0.1, 0.15) is 20.8 Å². The first-order chi connectivity index (χ1) is 4.57. The average Bonchev–Trinajstić information content (AvgIpc) is 1.81. The summed E-state index contributed by atoms with van der Waals surface area (Å²) in [5, 5.41) is 2.85. The van der Waals surface area contributed by atoms with Crippen LogP contribution >= 0.6 is 0 Å². The highest BCUT2D eigenvalue weighted by Gasteiger charge is 1.99. The van der Waals surface area contributed by atoms with Crippen molar-refractivity contribution in [3.63, 3.8) is 0 Å². The number of nitrogens with one attached hydrogen (secondary N) is 1. The summed E-state index contributed by atoms with van der Waals surface area (Å²) in [5.74, 6) is 0.0329. The van der Waals surface area contributed by atoms with E-state index in [1.54, 1.807) is 6.08 Å². The summed E-state index contributed by atoms with van der Waals surface area (Å²) in [6, 6.07) is 0. The highest BCUT2D eigenvalue weighted by atomic mass is 16.1. The lowest BCUT2D eigenvalue weighted by atomic mass is 10.3. The van der Waals surface area contributed by atoms with Gasteiger partial charge in [0.15, 0.2) is 5.78 Å². The fourth-order valence-electron chi connectivity index (χ4n) is 0.593. The van der Waals surface area contributed by atoms with Crippen molar-refractivity contribution in [1.29, 1.82) is 0 Å². The van der Waals surface area contributed by atoms with Gasteiger partial charge in [0, 0.05) is 12.6 Å². The molecule has 0 aliphatic carbocycles. The van der Waals surface area contributed by atoms with Crippen molar-refractivity contribution in [3.8, 4) is 0 Å². The molecule has 0 saturated heterocycles. The van der Waals surface area contributed by atoms with Crippen LogP contribution in [0.15, 0.2) is 24.0 Å². The van der Waals surface area contributed by atoms with E-state index in [0.717, 1.165) is 5.70 Å². The Hall–Kier alpha value is -1.05. The molecule has 0 amide bonds. The molecule has 0 spiro atoms. The van der Waals surface area contributed by atoms with Crippen molar-refractivity contribution in [3.05, 3.63) is 24.0 Å². The number of Topliss-reactive ketones (excluding diaryl/α,β-unsaturated/α-hetero) is 1. The Kier molecular flexibility index (Phi) is 3.47. The van der Waals surface area contributed by atoms with Crippen molar-refractivity contribution in [2.45, 2.75) is 20.8 Å². The van der Waals surface area contributed by atoms with Crippen molar-refractivity contribution >= 4 is 5.78 Å². The summed E-state index contributed by atoms with van der Waals surface area (Å²) >= 11 is 0. The summed E-state index contributed by atoms with van der Waals surface area (Å²) in [5.41, 5.74) is 1.39. The molecule has 2 nitrogen and oxygen atoms in total. The maximum atomic E-state index is 10.7. The summed E-state index contributed by atoms with van der Waals surface area (Å²) < 4.78 is 0. The van der Waals surface area contributed by atoms with E-state index in [9.17, 15) is 4.79 Å². The molecule has 0 saturated carbocycles.